The zero-order chi connectivity index (χ0) is 18.1. The highest BCUT2D eigenvalue weighted by molar-refractivity contribution is 7.92. The Labute approximate surface area is 139 Å². The molecule has 0 aliphatic carbocycles. The van der Waals surface area contributed by atoms with Crippen molar-refractivity contribution in [3.05, 3.63) is 35.6 Å². The molecule has 2 rings (SSSR count). The van der Waals surface area contributed by atoms with Crippen molar-refractivity contribution in [2.45, 2.75) is 32.1 Å². The molecule has 0 aliphatic rings. The molecule has 7 nitrogen and oxygen atoms in total. The van der Waals surface area contributed by atoms with Crippen LogP contribution in [0.15, 0.2) is 33.0 Å². The summed E-state index contributed by atoms with van der Waals surface area (Å²) < 4.78 is 26.4. The number of aromatic carboxylic acids is 1. The molecule has 0 fully saturated rings. The van der Waals surface area contributed by atoms with E-state index in [-0.39, 0.29) is 11.5 Å². The van der Waals surface area contributed by atoms with Crippen LogP contribution in [0, 0.1) is 0 Å². The lowest BCUT2D eigenvalue weighted by atomic mass is 10.2. The van der Waals surface area contributed by atoms with E-state index in [4.69, 9.17) is 14.3 Å². The van der Waals surface area contributed by atoms with Crippen LogP contribution in [0.2, 0.25) is 0 Å². The quantitative estimate of drug-likeness (QED) is 0.902. The zero-order valence-corrected chi connectivity index (χ0v) is 14.7. The van der Waals surface area contributed by atoms with Gasteiger partial charge in [-0.2, -0.15) is 0 Å². The van der Waals surface area contributed by atoms with Crippen LogP contribution in [0.4, 0.5) is 4.79 Å². The van der Waals surface area contributed by atoms with Crippen molar-refractivity contribution in [1.82, 2.24) is 0 Å². The summed E-state index contributed by atoms with van der Waals surface area (Å²) in [5.41, 5.74) is 0.363. The van der Waals surface area contributed by atoms with Gasteiger partial charge < -0.3 is 14.3 Å². The number of hydrogen-bond donors (Lipinski definition) is 1. The van der Waals surface area contributed by atoms with E-state index >= 15 is 0 Å². The van der Waals surface area contributed by atoms with E-state index in [1.54, 1.807) is 39.0 Å². The third-order valence-electron chi connectivity index (χ3n) is 2.89. The van der Waals surface area contributed by atoms with Crippen molar-refractivity contribution in [3.63, 3.8) is 0 Å². The minimum Gasteiger partial charge on any atom is -0.475 e. The molecule has 0 spiro atoms. The number of furan rings is 1. The average Bonchev–Trinajstić information content (AvgIpc) is 2.77. The molecule has 0 saturated heterocycles. The summed E-state index contributed by atoms with van der Waals surface area (Å²) >= 11 is 0. The molecule has 1 amide bonds. The van der Waals surface area contributed by atoms with Gasteiger partial charge in [0.2, 0.25) is 5.76 Å². The second-order valence-electron chi connectivity index (χ2n) is 6.46. The Bertz CT molecular complexity index is 912. The smallest absolute Gasteiger partial charge is 0.442 e. The summed E-state index contributed by atoms with van der Waals surface area (Å²) in [5.74, 6) is -1.29. The van der Waals surface area contributed by atoms with E-state index in [1.807, 2.05) is 0 Å². The predicted octanol–water partition coefficient (Wildman–Crippen LogP) is 3.66. The van der Waals surface area contributed by atoms with Gasteiger partial charge in [-0.05, 0) is 44.5 Å². The molecule has 0 bridgehead atoms. The molecule has 1 aromatic heterocycles. The van der Waals surface area contributed by atoms with Gasteiger partial charge in [-0.25, -0.2) is 13.8 Å². The van der Waals surface area contributed by atoms with Gasteiger partial charge in [-0.3, -0.25) is 0 Å². The normalized spacial score (nSPS) is 14.2. The molecular formula is C16H19NO6S. The Kier molecular flexibility index (Phi) is 4.70. The Balaban J connectivity index is 2.25. The monoisotopic (exact) mass is 353 g/mol. The first kappa shape index (κ1) is 18.0. The van der Waals surface area contributed by atoms with E-state index in [0.717, 1.165) is 0 Å². The van der Waals surface area contributed by atoms with Crippen molar-refractivity contribution >= 4 is 32.8 Å². The molecule has 0 radical (unpaired) electrons. The maximum atomic E-state index is 12.5. The van der Waals surface area contributed by atoms with Crippen molar-refractivity contribution < 1.29 is 28.1 Å². The molecule has 130 valence electrons. The summed E-state index contributed by atoms with van der Waals surface area (Å²) in [7, 11) is -2.83. The molecule has 0 saturated carbocycles. The predicted molar refractivity (Wildman–Crippen MR) is 89.6 cm³/mol. The van der Waals surface area contributed by atoms with E-state index in [9.17, 15) is 13.8 Å². The SMILES string of the molecule is CC(C)(C)OC(=O)N=S(C)(=O)Cc1ccc2oc(C(=O)O)cc2c1. The summed E-state index contributed by atoms with van der Waals surface area (Å²) in [6.07, 6.45) is 0.506. The first-order valence-electron chi connectivity index (χ1n) is 7.14. The minimum atomic E-state index is -2.83. The van der Waals surface area contributed by atoms with Gasteiger partial charge in [0.25, 0.3) is 0 Å². The molecule has 1 N–H and O–H groups in total. The first-order valence-corrected chi connectivity index (χ1v) is 9.23. The van der Waals surface area contributed by atoms with E-state index in [1.165, 1.54) is 12.3 Å². The van der Waals surface area contributed by atoms with Crippen molar-refractivity contribution in [1.29, 1.82) is 0 Å². The standard InChI is InChI=1S/C16H19NO6S/c1-16(2,3)23-15(20)17-24(4,21)9-10-5-6-12-11(7-10)8-13(22-12)14(18)19/h5-8H,9H2,1-4H3,(H,18,19). The second-order valence-corrected chi connectivity index (χ2v) is 8.85. The number of fused-ring (bicyclic) bond motifs is 1. The maximum Gasteiger partial charge on any atom is 0.442 e. The number of nitrogens with zero attached hydrogens (tertiary/aromatic N) is 1. The van der Waals surface area contributed by atoms with Gasteiger partial charge in [0.1, 0.15) is 11.2 Å². The van der Waals surface area contributed by atoms with E-state index < -0.39 is 27.4 Å². The molecule has 24 heavy (non-hydrogen) atoms. The number of carbonyl (C=O) groups excluding carboxylic acids is 1. The fraction of sp³-hybridized carbons (Fsp3) is 0.375. The molecule has 0 aliphatic heterocycles. The number of carboxylic acid groups (broad SMARTS) is 1. The van der Waals surface area contributed by atoms with Gasteiger partial charge >= 0.3 is 12.1 Å². The van der Waals surface area contributed by atoms with Crippen LogP contribution in [0.3, 0.4) is 0 Å². The molecule has 2 aromatic rings. The Morgan fingerprint density at radius 3 is 2.54 bits per heavy atom. The fourth-order valence-electron chi connectivity index (χ4n) is 2.07. The van der Waals surface area contributed by atoms with Gasteiger partial charge in [-0.1, -0.05) is 6.07 Å². The average molecular weight is 353 g/mol. The Morgan fingerprint density at radius 2 is 1.96 bits per heavy atom. The van der Waals surface area contributed by atoms with Crippen LogP contribution >= 0.6 is 0 Å². The highest BCUT2D eigenvalue weighted by atomic mass is 32.2. The minimum absolute atomic E-state index is 0.0375. The van der Waals surface area contributed by atoms with Crippen LogP contribution in [0.1, 0.15) is 36.9 Å². The van der Waals surface area contributed by atoms with Crippen LogP contribution in [-0.4, -0.2) is 33.2 Å². The third kappa shape index (κ3) is 4.82. The van der Waals surface area contributed by atoms with Crippen molar-refractivity contribution in [2.24, 2.45) is 4.36 Å². The highest BCUT2D eigenvalue weighted by Crippen LogP contribution is 2.22. The second kappa shape index (κ2) is 6.27. The number of amides is 1. The summed E-state index contributed by atoms with van der Waals surface area (Å²) in [6, 6.07) is 6.31. The van der Waals surface area contributed by atoms with E-state index in [2.05, 4.69) is 4.36 Å². The highest BCUT2D eigenvalue weighted by Gasteiger charge is 2.18. The number of rotatable bonds is 3. The lowest BCUT2D eigenvalue weighted by molar-refractivity contribution is 0.0605. The number of carboxylic acids is 1. The summed E-state index contributed by atoms with van der Waals surface area (Å²) in [5, 5.41) is 9.51. The maximum absolute atomic E-state index is 12.5. The van der Waals surface area contributed by atoms with Crippen LogP contribution in [-0.2, 0) is 20.2 Å². The van der Waals surface area contributed by atoms with Gasteiger partial charge in [-0.15, -0.1) is 4.36 Å². The fourth-order valence-corrected chi connectivity index (χ4v) is 3.28. The Morgan fingerprint density at radius 1 is 1.29 bits per heavy atom. The number of benzene rings is 1. The van der Waals surface area contributed by atoms with Crippen LogP contribution < -0.4 is 0 Å². The lowest BCUT2D eigenvalue weighted by Gasteiger charge is -2.17. The molecular weight excluding hydrogens is 334 g/mol. The van der Waals surface area contributed by atoms with Crippen LogP contribution in [0.5, 0.6) is 0 Å². The number of hydrogen-bond acceptors (Lipinski definition) is 5. The summed E-state index contributed by atoms with van der Waals surface area (Å²) in [6.45, 7) is 5.10. The molecule has 8 heteroatoms. The molecule has 1 unspecified atom stereocenters. The Hall–Kier alpha value is -2.35. The van der Waals surface area contributed by atoms with Crippen LogP contribution in [0.25, 0.3) is 11.0 Å². The topological polar surface area (TPSA) is 106 Å². The van der Waals surface area contributed by atoms with Gasteiger partial charge in [0.05, 0.1) is 15.5 Å². The number of ether oxygens (including phenoxy) is 1. The number of carbonyl (C=O) groups is 2. The van der Waals surface area contributed by atoms with Crippen molar-refractivity contribution in [2.75, 3.05) is 6.26 Å². The van der Waals surface area contributed by atoms with Crippen molar-refractivity contribution in [3.8, 4) is 0 Å². The molecule has 1 heterocycles. The lowest BCUT2D eigenvalue weighted by Crippen LogP contribution is -2.22. The first-order chi connectivity index (χ1) is 11.0. The van der Waals surface area contributed by atoms with Gasteiger partial charge in [0, 0.05) is 11.6 Å². The zero-order valence-electron chi connectivity index (χ0n) is 13.9. The summed E-state index contributed by atoms with van der Waals surface area (Å²) in [4.78, 5) is 22.6. The van der Waals surface area contributed by atoms with E-state index in [0.29, 0.717) is 16.5 Å². The molecule has 1 aromatic carbocycles. The molecule has 1 atom stereocenters. The van der Waals surface area contributed by atoms with Gasteiger partial charge in [0.15, 0.2) is 0 Å². The third-order valence-corrected chi connectivity index (χ3v) is 4.29. The largest absolute Gasteiger partial charge is 0.475 e.